The third kappa shape index (κ3) is 4.79. The van der Waals surface area contributed by atoms with Crippen LogP contribution in [0.15, 0.2) is 10.6 Å². The number of hydrogen-bond donors (Lipinski definition) is 1. The number of thioether (sulfide) groups is 1. The number of carbonyl (C=O) groups excluding carboxylic acids is 2. The summed E-state index contributed by atoms with van der Waals surface area (Å²) in [4.78, 5) is 22.6. The molecule has 0 radical (unpaired) electrons. The fraction of sp³-hybridized carbons (Fsp3) is 0.545. The van der Waals surface area contributed by atoms with E-state index in [9.17, 15) is 9.59 Å². The van der Waals surface area contributed by atoms with Crippen LogP contribution in [0.2, 0.25) is 0 Å². The van der Waals surface area contributed by atoms with Crippen LogP contribution in [0.25, 0.3) is 0 Å². The zero-order valence-corrected chi connectivity index (χ0v) is 11.4. The first-order valence-electron chi connectivity index (χ1n) is 5.41. The highest BCUT2D eigenvalue weighted by molar-refractivity contribution is 8.00. The van der Waals surface area contributed by atoms with Crippen molar-refractivity contribution in [2.75, 3.05) is 23.9 Å². The van der Waals surface area contributed by atoms with Crippen LogP contribution in [-0.2, 0) is 14.3 Å². The summed E-state index contributed by atoms with van der Waals surface area (Å²) >= 11 is 1.36. The third-order valence-electron chi connectivity index (χ3n) is 2.10. The van der Waals surface area contributed by atoms with Gasteiger partial charge in [-0.25, -0.2) is 0 Å². The minimum Gasteiger partial charge on any atom is -0.469 e. The maximum atomic E-state index is 11.5. The summed E-state index contributed by atoms with van der Waals surface area (Å²) in [6.07, 6.45) is 0. The second-order valence-corrected chi connectivity index (χ2v) is 4.85. The molecule has 0 aliphatic carbocycles. The number of rotatable bonds is 6. The highest BCUT2D eigenvalue weighted by Gasteiger charge is 2.14. The van der Waals surface area contributed by atoms with Gasteiger partial charge in [0.1, 0.15) is 0 Å². The van der Waals surface area contributed by atoms with Gasteiger partial charge in [-0.15, -0.1) is 0 Å². The summed E-state index contributed by atoms with van der Waals surface area (Å²) in [5.74, 6) is 0.442. The lowest BCUT2D eigenvalue weighted by molar-refractivity contribution is -0.144. The Bertz CT molecular complexity index is 419. The lowest BCUT2D eigenvalue weighted by atomic mass is 10.2. The smallest absolute Gasteiger partial charge is 0.309 e. The van der Waals surface area contributed by atoms with Crippen molar-refractivity contribution in [3.05, 3.63) is 11.8 Å². The van der Waals surface area contributed by atoms with Gasteiger partial charge in [-0.2, -0.15) is 11.8 Å². The molecule has 1 aromatic heterocycles. The molecule has 0 aromatic carbocycles. The topological polar surface area (TPSA) is 81.4 Å². The van der Waals surface area contributed by atoms with Crippen molar-refractivity contribution in [3.63, 3.8) is 0 Å². The number of anilines is 1. The van der Waals surface area contributed by atoms with Crippen LogP contribution >= 0.6 is 11.8 Å². The van der Waals surface area contributed by atoms with Crippen LogP contribution in [0, 0.1) is 12.8 Å². The first kappa shape index (κ1) is 14.6. The zero-order valence-electron chi connectivity index (χ0n) is 10.6. The van der Waals surface area contributed by atoms with Crippen molar-refractivity contribution >= 4 is 29.5 Å². The average molecular weight is 272 g/mol. The number of methoxy groups -OCH3 is 1. The molecule has 0 fully saturated rings. The third-order valence-corrected chi connectivity index (χ3v) is 3.30. The number of nitrogens with one attached hydrogen (secondary N) is 1. The van der Waals surface area contributed by atoms with Gasteiger partial charge in [0.2, 0.25) is 11.8 Å². The Hall–Kier alpha value is -1.50. The Morgan fingerprint density at radius 3 is 2.89 bits per heavy atom. The molecule has 1 N–H and O–H groups in total. The van der Waals surface area contributed by atoms with Crippen LogP contribution in [-0.4, -0.2) is 35.6 Å². The van der Waals surface area contributed by atoms with E-state index in [1.54, 1.807) is 19.9 Å². The SMILES string of the molecule is COC(=O)C(C)CSCC(=O)Nc1cc(C)no1. The molecule has 0 bridgehead atoms. The van der Waals surface area contributed by atoms with E-state index in [1.165, 1.54) is 18.9 Å². The number of ether oxygens (including phenoxy) is 1. The van der Waals surface area contributed by atoms with Crippen LogP contribution in [0.3, 0.4) is 0 Å². The van der Waals surface area contributed by atoms with Gasteiger partial charge in [0.25, 0.3) is 0 Å². The minimum atomic E-state index is -0.270. The molecule has 18 heavy (non-hydrogen) atoms. The van der Waals surface area contributed by atoms with Crippen LogP contribution in [0.1, 0.15) is 12.6 Å². The maximum absolute atomic E-state index is 11.5. The van der Waals surface area contributed by atoms with E-state index < -0.39 is 0 Å². The fourth-order valence-corrected chi connectivity index (χ4v) is 2.06. The molecule has 0 saturated heterocycles. The Morgan fingerprint density at radius 2 is 2.33 bits per heavy atom. The molecule has 1 atom stereocenters. The van der Waals surface area contributed by atoms with Gasteiger partial charge in [0.15, 0.2) is 0 Å². The van der Waals surface area contributed by atoms with Gasteiger partial charge < -0.3 is 9.26 Å². The second-order valence-electron chi connectivity index (χ2n) is 3.82. The van der Waals surface area contributed by atoms with Gasteiger partial charge >= 0.3 is 5.97 Å². The van der Waals surface area contributed by atoms with E-state index in [0.29, 0.717) is 17.3 Å². The monoisotopic (exact) mass is 272 g/mol. The highest BCUT2D eigenvalue weighted by Crippen LogP contribution is 2.12. The second kappa shape index (κ2) is 7.05. The summed E-state index contributed by atoms with van der Waals surface area (Å²) in [6, 6.07) is 1.64. The number of hydrogen-bond acceptors (Lipinski definition) is 6. The molecule has 7 heteroatoms. The number of amides is 1. The first-order valence-corrected chi connectivity index (χ1v) is 6.57. The quantitative estimate of drug-likeness (QED) is 0.790. The predicted molar refractivity (Wildman–Crippen MR) is 68.4 cm³/mol. The van der Waals surface area contributed by atoms with Crippen molar-refractivity contribution in [1.29, 1.82) is 0 Å². The van der Waals surface area contributed by atoms with Gasteiger partial charge in [0, 0.05) is 11.8 Å². The van der Waals surface area contributed by atoms with E-state index in [4.69, 9.17) is 4.52 Å². The summed E-state index contributed by atoms with van der Waals surface area (Å²) < 4.78 is 9.44. The Balaban J connectivity index is 2.23. The first-order chi connectivity index (χ1) is 8.52. The van der Waals surface area contributed by atoms with Gasteiger partial charge in [-0.3, -0.25) is 14.9 Å². The van der Waals surface area contributed by atoms with Crippen LogP contribution in [0.4, 0.5) is 5.88 Å². The molecule has 1 rings (SSSR count). The summed E-state index contributed by atoms with van der Waals surface area (Å²) in [6.45, 7) is 3.53. The normalized spacial score (nSPS) is 11.9. The van der Waals surface area contributed by atoms with Gasteiger partial charge in [0.05, 0.1) is 24.5 Å². The fourth-order valence-electron chi connectivity index (χ4n) is 1.19. The van der Waals surface area contributed by atoms with Crippen molar-refractivity contribution in [2.24, 2.45) is 5.92 Å². The van der Waals surface area contributed by atoms with Gasteiger partial charge in [-0.1, -0.05) is 12.1 Å². The molecule has 0 saturated carbocycles. The average Bonchev–Trinajstić information content (AvgIpc) is 2.73. The minimum absolute atomic E-state index is 0.187. The van der Waals surface area contributed by atoms with E-state index in [-0.39, 0.29) is 23.5 Å². The number of carbonyl (C=O) groups is 2. The highest BCUT2D eigenvalue weighted by atomic mass is 32.2. The number of nitrogens with zero attached hydrogens (tertiary/aromatic N) is 1. The van der Waals surface area contributed by atoms with Gasteiger partial charge in [-0.05, 0) is 6.92 Å². The molecular weight excluding hydrogens is 256 g/mol. The molecule has 0 aliphatic heterocycles. The number of aryl methyl sites for hydroxylation is 1. The molecule has 1 amide bonds. The standard InChI is InChI=1S/C11H16N2O4S/c1-7(11(15)16-3)5-18-6-9(14)12-10-4-8(2)13-17-10/h4,7H,5-6H2,1-3H3,(H,12,14). The lowest BCUT2D eigenvalue weighted by Crippen LogP contribution is -2.18. The summed E-state index contributed by atoms with van der Waals surface area (Å²) in [5, 5.41) is 6.23. The van der Waals surface area contributed by atoms with Crippen LogP contribution in [0.5, 0.6) is 0 Å². The van der Waals surface area contributed by atoms with Crippen molar-refractivity contribution in [1.82, 2.24) is 5.16 Å². The number of esters is 1. The largest absolute Gasteiger partial charge is 0.469 e. The zero-order chi connectivity index (χ0) is 13.5. The molecule has 1 unspecified atom stereocenters. The van der Waals surface area contributed by atoms with Crippen molar-refractivity contribution in [2.45, 2.75) is 13.8 Å². The van der Waals surface area contributed by atoms with Crippen molar-refractivity contribution in [3.8, 4) is 0 Å². The summed E-state index contributed by atoms with van der Waals surface area (Å²) in [7, 11) is 1.35. The predicted octanol–water partition coefficient (Wildman–Crippen LogP) is 1.46. The van der Waals surface area contributed by atoms with Crippen LogP contribution < -0.4 is 5.32 Å². The van der Waals surface area contributed by atoms with E-state index in [2.05, 4.69) is 15.2 Å². The molecule has 1 aromatic rings. The Labute approximate surface area is 109 Å². The molecule has 1 heterocycles. The lowest BCUT2D eigenvalue weighted by Gasteiger charge is -2.07. The molecule has 0 spiro atoms. The molecule has 6 nitrogen and oxygen atoms in total. The Kier molecular flexibility index (Phi) is 5.70. The van der Waals surface area contributed by atoms with E-state index >= 15 is 0 Å². The maximum Gasteiger partial charge on any atom is 0.309 e. The Morgan fingerprint density at radius 1 is 1.61 bits per heavy atom. The molecular formula is C11H16N2O4S. The molecule has 0 aliphatic rings. The molecule has 100 valence electrons. The van der Waals surface area contributed by atoms with E-state index in [0.717, 1.165) is 0 Å². The summed E-state index contributed by atoms with van der Waals surface area (Å²) in [5.41, 5.74) is 0.706. The van der Waals surface area contributed by atoms with Crippen molar-refractivity contribution < 1.29 is 18.8 Å². The van der Waals surface area contributed by atoms with E-state index in [1.807, 2.05) is 0 Å². The number of aromatic nitrogens is 1.